The molecule has 0 unspecified atom stereocenters. The Balaban J connectivity index is 2.46. The number of aliphatic hydroxyl groups is 1. The minimum absolute atomic E-state index is 0.151. The third-order valence-corrected chi connectivity index (χ3v) is 2.51. The van der Waals surface area contributed by atoms with E-state index < -0.39 is 5.97 Å². The minimum atomic E-state index is -1.17. The lowest BCUT2D eigenvalue weighted by molar-refractivity contribution is 0.0686. The van der Waals surface area contributed by atoms with Crippen molar-refractivity contribution in [3.05, 3.63) is 46.7 Å². The maximum Gasteiger partial charge on any atom is 0.356 e. The number of aromatic nitrogens is 2. The van der Waals surface area contributed by atoms with Crippen LogP contribution in [0.5, 0.6) is 0 Å². The molecule has 2 N–H and O–H groups in total. The Labute approximate surface area is 102 Å². The average Bonchev–Trinajstić information content (AvgIpc) is 2.74. The van der Waals surface area contributed by atoms with Gasteiger partial charge >= 0.3 is 5.97 Å². The summed E-state index contributed by atoms with van der Waals surface area (Å²) >= 11 is 5.75. The highest BCUT2D eigenvalue weighted by Crippen LogP contribution is 2.15. The van der Waals surface area contributed by atoms with Gasteiger partial charge in [0.05, 0.1) is 12.3 Å². The lowest BCUT2D eigenvalue weighted by atomic mass is 10.2. The molecule has 0 fully saturated rings. The van der Waals surface area contributed by atoms with Gasteiger partial charge in [-0.25, -0.2) is 9.48 Å². The van der Waals surface area contributed by atoms with Crippen LogP contribution in [0.1, 0.15) is 16.1 Å². The van der Waals surface area contributed by atoms with Crippen LogP contribution in [0, 0.1) is 0 Å². The summed E-state index contributed by atoms with van der Waals surface area (Å²) in [6.07, 6.45) is 1.48. The predicted octanol–water partition coefficient (Wildman–Crippen LogP) is 1.72. The molecule has 0 spiro atoms. The first-order valence-corrected chi connectivity index (χ1v) is 5.18. The molecule has 1 aromatic carbocycles. The van der Waals surface area contributed by atoms with E-state index in [1.54, 1.807) is 24.3 Å². The number of rotatable bonds is 3. The summed E-state index contributed by atoms with van der Waals surface area (Å²) in [5.41, 5.74) is 0.798. The van der Waals surface area contributed by atoms with Crippen LogP contribution in [0.4, 0.5) is 0 Å². The van der Waals surface area contributed by atoms with E-state index >= 15 is 0 Å². The van der Waals surface area contributed by atoms with Gasteiger partial charge in [-0.3, -0.25) is 0 Å². The first-order chi connectivity index (χ1) is 8.11. The van der Waals surface area contributed by atoms with Crippen LogP contribution in [0.15, 0.2) is 30.5 Å². The number of nitrogens with zero attached hydrogens (tertiary/aromatic N) is 2. The highest BCUT2D eigenvalue weighted by Gasteiger charge is 2.15. The normalized spacial score (nSPS) is 10.5. The zero-order valence-corrected chi connectivity index (χ0v) is 9.42. The van der Waals surface area contributed by atoms with Crippen molar-refractivity contribution in [1.82, 2.24) is 9.78 Å². The summed E-state index contributed by atoms with van der Waals surface area (Å²) < 4.78 is 1.39. The molecule has 0 amide bonds. The molecule has 0 saturated carbocycles. The molecule has 5 nitrogen and oxygen atoms in total. The number of aromatic carboxylic acids is 1. The second-order valence-electron chi connectivity index (χ2n) is 3.39. The number of aliphatic hydroxyl groups excluding tert-OH is 1. The second kappa shape index (κ2) is 4.57. The fourth-order valence-electron chi connectivity index (χ4n) is 1.43. The summed E-state index contributed by atoms with van der Waals surface area (Å²) in [6.45, 7) is -0.366. The Morgan fingerprint density at radius 1 is 1.35 bits per heavy atom. The molecule has 6 heteroatoms. The number of carbonyl (C=O) groups is 1. The van der Waals surface area contributed by atoms with Gasteiger partial charge < -0.3 is 10.2 Å². The van der Waals surface area contributed by atoms with Gasteiger partial charge in [0.1, 0.15) is 0 Å². The SMILES string of the molecule is O=C(O)c1nn(-c2ccc(Cl)cc2)cc1CO. The zero-order chi connectivity index (χ0) is 12.4. The number of hydrogen-bond acceptors (Lipinski definition) is 3. The van der Waals surface area contributed by atoms with Crippen molar-refractivity contribution in [2.24, 2.45) is 0 Å². The summed E-state index contributed by atoms with van der Waals surface area (Å²) in [4.78, 5) is 10.9. The van der Waals surface area contributed by atoms with Crippen molar-refractivity contribution >= 4 is 17.6 Å². The molecule has 0 aliphatic heterocycles. The van der Waals surface area contributed by atoms with E-state index in [2.05, 4.69) is 5.10 Å². The number of hydrogen-bond donors (Lipinski definition) is 2. The van der Waals surface area contributed by atoms with Crippen molar-refractivity contribution in [3.8, 4) is 5.69 Å². The Morgan fingerprint density at radius 2 is 2.00 bits per heavy atom. The summed E-state index contributed by atoms with van der Waals surface area (Å²) in [5, 5.41) is 22.4. The van der Waals surface area contributed by atoms with Crippen LogP contribution in [0.2, 0.25) is 5.02 Å². The van der Waals surface area contributed by atoms with Crippen molar-refractivity contribution in [3.63, 3.8) is 0 Å². The number of halogens is 1. The number of benzene rings is 1. The highest BCUT2D eigenvalue weighted by atomic mass is 35.5. The van der Waals surface area contributed by atoms with Crippen molar-refractivity contribution in [1.29, 1.82) is 0 Å². The molecule has 1 heterocycles. The largest absolute Gasteiger partial charge is 0.476 e. The van der Waals surface area contributed by atoms with Gasteiger partial charge in [-0.1, -0.05) is 11.6 Å². The van der Waals surface area contributed by atoms with Crippen LogP contribution < -0.4 is 0 Å². The van der Waals surface area contributed by atoms with Crippen molar-refractivity contribution < 1.29 is 15.0 Å². The molecule has 88 valence electrons. The maximum atomic E-state index is 10.9. The van der Waals surface area contributed by atoms with Gasteiger partial charge in [-0.05, 0) is 24.3 Å². The standard InChI is InChI=1S/C11H9ClN2O3/c12-8-1-3-9(4-2-8)14-5-7(6-15)10(13-14)11(16)17/h1-5,15H,6H2,(H,16,17). The van der Waals surface area contributed by atoms with Gasteiger partial charge in [0.2, 0.25) is 0 Å². The molecule has 0 aliphatic rings. The fraction of sp³-hybridized carbons (Fsp3) is 0.0909. The van der Waals surface area contributed by atoms with Gasteiger partial charge in [-0.2, -0.15) is 5.10 Å². The second-order valence-corrected chi connectivity index (χ2v) is 3.82. The summed E-state index contributed by atoms with van der Waals surface area (Å²) in [5.74, 6) is -1.17. The molecule has 0 bridgehead atoms. The number of carboxylic acid groups (broad SMARTS) is 1. The first-order valence-electron chi connectivity index (χ1n) is 4.80. The van der Waals surface area contributed by atoms with Crippen LogP contribution in [-0.2, 0) is 6.61 Å². The smallest absolute Gasteiger partial charge is 0.356 e. The Hall–Kier alpha value is -1.85. The third-order valence-electron chi connectivity index (χ3n) is 2.25. The lowest BCUT2D eigenvalue weighted by Gasteiger charge is -2.00. The fourth-order valence-corrected chi connectivity index (χ4v) is 1.56. The van der Waals surface area contributed by atoms with Crippen LogP contribution in [-0.4, -0.2) is 26.0 Å². The maximum absolute atomic E-state index is 10.9. The van der Waals surface area contributed by atoms with Gasteiger partial charge in [0, 0.05) is 16.8 Å². The molecule has 2 aromatic rings. The lowest BCUT2D eigenvalue weighted by Crippen LogP contribution is -2.02. The van der Waals surface area contributed by atoms with E-state index in [1.165, 1.54) is 10.9 Å². The monoisotopic (exact) mass is 252 g/mol. The van der Waals surface area contributed by atoms with E-state index in [4.69, 9.17) is 21.8 Å². The third kappa shape index (κ3) is 2.30. The minimum Gasteiger partial charge on any atom is -0.476 e. The van der Waals surface area contributed by atoms with Crippen molar-refractivity contribution in [2.75, 3.05) is 0 Å². The van der Waals surface area contributed by atoms with E-state index in [0.29, 0.717) is 10.7 Å². The molecule has 17 heavy (non-hydrogen) atoms. The van der Waals surface area contributed by atoms with Gasteiger partial charge in [0.15, 0.2) is 5.69 Å². The van der Waals surface area contributed by atoms with Gasteiger partial charge in [0.25, 0.3) is 0 Å². The molecule has 0 saturated heterocycles. The topological polar surface area (TPSA) is 75.3 Å². The van der Waals surface area contributed by atoms with E-state index in [0.717, 1.165) is 0 Å². The highest BCUT2D eigenvalue weighted by molar-refractivity contribution is 6.30. The predicted molar refractivity (Wildman–Crippen MR) is 61.5 cm³/mol. The molecular formula is C11H9ClN2O3. The first kappa shape index (κ1) is 11.6. The molecule has 0 aliphatic carbocycles. The summed E-state index contributed by atoms with van der Waals surface area (Å²) in [6, 6.07) is 6.78. The van der Waals surface area contributed by atoms with Gasteiger partial charge in [-0.15, -0.1) is 0 Å². The molecular weight excluding hydrogens is 244 g/mol. The van der Waals surface area contributed by atoms with E-state index in [9.17, 15) is 4.79 Å². The molecule has 0 atom stereocenters. The Morgan fingerprint density at radius 3 is 2.47 bits per heavy atom. The molecule has 0 radical (unpaired) electrons. The molecule has 1 aromatic heterocycles. The Bertz CT molecular complexity index is 548. The number of carboxylic acids is 1. The van der Waals surface area contributed by atoms with E-state index in [-0.39, 0.29) is 17.9 Å². The quantitative estimate of drug-likeness (QED) is 0.872. The Kier molecular flexibility index (Phi) is 3.12. The summed E-state index contributed by atoms with van der Waals surface area (Å²) in [7, 11) is 0. The van der Waals surface area contributed by atoms with Crippen LogP contribution in [0.25, 0.3) is 5.69 Å². The van der Waals surface area contributed by atoms with Crippen LogP contribution in [0.3, 0.4) is 0 Å². The van der Waals surface area contributed by atoms with Crippen molar-refractivity contribution in [2.45, 2.75) is 6.61 Å². The van der Waals surface area contributed by atoms with Crippen LogP contribution >= 0.6 is 11.6 Å². The zero-order valence-electron chi connectivity index (χ0n) is 8.67. The average molecular weight is 253 g/mol. The van der Waals surface area contributed by atoms with E-state index in [1.807, 2.05) is 0 Å². The molecule has 2 rings (SSSR count).